The first-order valence-electron chi connectivity index (χ1n) is 4.77. The van der Waals surface area contributed by atoms with Crippen LogP contribution in [0.2, 0.25) is 0 Å². The molecule has 0 spiro atoms. The average Bonchev–Trinajstić information content (AvgIpc) is 2.87. The van der Waals surface area contributed by atoms with Crippen molar-refractivity contribution >= 4 is 5.91 Å². The van der Waals surface area contributed by atoms with Gasteiger partial charge in [-0.3, -0.25) is 14.9 Å². The Bertz CT molecular complexity index is 500. The van der Waals surface area contributed by atoms with Crippen LogP contribution in [0.4, 0.5) is 0 Å². The number of hydrogen-bond acceptors (Lipinski definition) is 4. The molecule has 0 bridgehead atoms. The summed E-state index contributed by atoms with van der Waals surface area (Å²) in [7, 11) is 0. The van der Waals surface area contributed by atoms with Gasteiger partial charge in [0.15, 0.2) is 5.76 Å². The molecule has 1 amide bonds. The number of nitrogen functional groups attached to an aromatic ring is 1. The normalized spacial score (nSPS) is 10.4. The van der Waals surface area contributed by atoms with Gasteiger partial charge in [-0.05, 0) is 18.6 Å². The van der Waals surface area contributed by atoms with Crippen molar-refractivity contribution in [2.75, 3.05) is 0 Å². The third kappa shape index (κ3) is 1.96. The van der Waals surface area contributed by atoms with E-state index in [2.05, 4.69) is 5.10 Å². The Kier molecular flexibility index (Phi) is 2.74. The second kappa shape index (κ2) is 4.19. The van der Waals surface area contributed by atoms with Crippen molar-refractivity contribution in [3.8, 4) is 0 Å². The molecule has 2 aromatic rings. The van der Waals surface area contributed by atoms with Crippen LogP contribution in [-0.2, 0) is 6.54 Å². The SMILES string of the molecule is Cc1cnn(Cc2ccoc2C(=O)NN)c1. The summed E-state index contributed by atoms with van der Waals surface area (Å²) in [4.78, 5) is 11.3. The van der Waals surface area contributed by atoms with Crippen LogP contribution in [-0.4, -0.2) is 15.7 Å². The summed E-state index contributed by atoms with van der Waals surface area (Å²) in [5.41, 5.74) is 3.84. The second-order valence-electron chi connectivity index (χ2n) is 3.46. The number of aromatic nitrogens is 2. The molecule has 0 atom stereocenters. The molecule has 0 aliphatic rings. The Balaban J connectivity index is 2.22. The molecule has 0 radical (unpaired) electrons. The third-order valence-corrected chi connectivity index (χ3v) is 2.18. The standard InChI is InChI=1S/C10H12N4O2/c1-7-4-12-14(5-7)6-8-2-3-16-9(8)10(15)13-11/h2-5H,6,11H2,1H3,(H,13,15). The van der Waals surface area contributed by atoms with E-state index in [-0.39, 0.29) is 5.76 Å². The van der Waals surface area contributed by atoms with E-state index in [1.165, 1.54) is 6.26 Å². The molecule has 0 aromatic carbocycles. The molecule has 2 heterocycles. The predicted molar refractivity (Wildman–Crippen MR) is 56.4 cm³/mol. The molecular weight excluding hydrogens is 208 g/mol. The van der Waals surface area contributed by atoms with Gasteiger partial charge in [-0.1, -0.05) is 0 Å². The van der Waals surface area contributed by atoms with Gasteiger partial charge in [0.1, 0.15) is 0 Å². The maximum Gasteiger partial charge on any atom is 0.301 e. The number of carbonyl (C=O) groups is 1. The molecule has 0 saturated heterocycles. The predicted octanol–water partition coefficient (Wildman–Crippen LogP) is 0.436. The van der Waals surface area contributed by atoms with Crippen molar-refractivity contribution < 1.29 is 9.21 Å². The summed E-state index contributed by atoms with van der Waals surface area (Å²) in [6, 6.07) is 1.72. The van der Waals surface area contributed by atoms with Crippen LogP contribution < -0.4 is 11.3 Å². The molecule has 0 aliphatic carbocycles. The van der Waals surface area contributed by atoms with Crippen LogP contribution >= 0.6 is 0 Å². The van der Waals surface area contributed by atoms with Gasteiger partial charge < -0.3 is 4.42 Å². The Labute approximate surface area is 92.0 Å². The topological polar surface area (TPSA) is 86.1 Å². The fourth-order valence-electron chi connectivity index (χ4n) is 1.45. The zero-order valence-corrected chi connectivity index (χ0v) is 8.80. The first-order chi connectivity index (χ1) is 7.70. The number of rotatable bonds is 3. The molecule has 16 heavy (non-hydrogen) atoms. The van der Waals surface area contributed by atoms with Gasteiger partial charge in [-0.2, -0.15) is 5.10 Å². The lowest BCUT2D eigenvalue weighted by Gasteiger charge is -2.01. The molecule has 2 aromatic heterocycles. The number of amides is 1. The van der Waals surface area contributed by atoms with E-state index in [1.807, 2.05) is 18.5 Å². The number of nitrogens with one attached hydrogen (secondary N) is 1. The van der Waals surface area contributed by atoms with Gasteiger partial charge in [-0.25, -0.2) is 5.84 Å². The van der Waals surface area contributed by atoms with Crippen molar-refractivity contribution in [1.82, 2.24) is 15.2 Å². The van der Waals surface area contributed by atoms with Crippen LogP contribution in [0.25, 0.3) is 0 Å². The van der Waals surface area contributed by atoms with Gasteiger partial charge in [0.2, 0.25) is 0 Å². The fourth-order valence-corrected chi connectivity index (χ4v) is 1.45. The van der Waals surface area contributed by atoms with Crippen LogP contribution in [0.1, 0.15) is 21.7 Å². The Morgan fingerprint density at radius 3 is 3.12 bits per heavy atom. The summed E-state index contributed by atoms with van der Waals surface area (Å²) >= 11 is 0. The lowest BCUT2D eigenvalue weighted by Crippen LogP contribution is -2.30. The largest absolute Gasteiger partial charge is 0.459 e. The first-order valence-corrected chi connectivity index (χ1v) is 4.77. The maximum absolute atomic E-state index is 11.3. The fraction of sp³-hybridized carbons (Fsp3) is 0.200. The molecular formula is C10H12N4O2. The van der Waals surface area contributed by atoms with Crippen LogP contribution in [0.5, 0.6) is 0 Å². The molecule has 3 N–H and O–H groups in total. The Morgan fingerprint density at radius 2 is 2.50 bits per heavy atom. The monoisotopic (exact) mass is 220 g/mol. The van der Waals surface area contributed by atoms with Crippen molar-refractivity contribution in [1.29, 1.82) is 0 Å². The number of carbonyl (C=O) groups excluding carboxylic acids is 1. The van der Waals surface area contributed by atoms with Crippen molar-refractivity contribution in [2.24, 2.45) is 5.84 Å². The molecule has 0 saturated carbocycles. The van der Waals surface area contributed by atoms with Crippen molar-refractivity contribution in [3.05, 3.63) is 41.6 Å². The van der Waals surface area contributed by atoms with E-state index in [1.54, 1.807) is 16.9 Å². The Hall–Kier alpha value is -2.08. The van der Waals surface area contributed by atoms with E-state index in [0.717, 1.165) is 11.1 Å². The minimum absolute atomic E-state index is 0.218. The maximum atomic E-state index is 11.3. The summed E-state index contributed by atoms with van der Waals surface area (Å²) in [6.07, 6.45) is 5.09. The van der Waals surface area contributed by atoms with E-state index < -0.39 is 5.91 Å². The smallest absolute Gasteiger partial charge is 0.301 e. The second-order valence-corrected chi connectivity index (χ2v) is 3.46. The summed E-state index contributed by atoms with van der Waals surface area (Å²) in [5.74, 6) is 4.83. The van der Waals surface area contributed by atoms with Crippen LogP contribution in [0.15, 0.2) is 29.1 Å². The molecule has 0 fully saturated rings. The number of furan rings is 1. The molecule has 0 unspecified atom stereocenters. The average molecular weight is 220 g/mol. The first kappa shape index (κ1) is 10.4. The van der Waals surface area contributed by atoms with Gasteiger partial charge in [0.25, 0.3) is 0 Å². The lowest BCUT2D eigenvalue weighted by molar-refractivity contribution is 0.0924. The minimum atomic E-state index is -0.441. The summed E-state index contributed by atoms with van der Waals surface area (Å²) in [6.45, 7) is 2.43. The van der Waals surface area contributed by atoms with E-state index >= 15 is 0 Å². The zero-order valence-electron chi connectivity index (χ0n) is 8.80. The van der Waals surface area contributed by atoms with E-state index in [4.69, 9.17) is 10.3 Å². The van der Waals surface area contributed by atoms with Crippen molar-refractivity contribution in [2.45, 2.75) is 13.5 Å². The van der Waals surface area contributed by atoms with Crippen LogP contribution in [0.3, 0.4) is 0 Å². The minimum Gasteiger partial charge on any atom is -0.459 e. The molecule has 0 aliphatic heterocycles. The number of nitrogens with two attached hydrogens (primary N) is 1. The number of hydrogen-bond donors (Lipinski definition) is 2. The summed E-state index contributed by atoms with van der Waals surface area (Å²) < 4.78 is 6.79. The number of aryl methyl sites for hydroxylation is 1. The third-order valence-electron chi connectivity index (χ3n) is 2.18. The van der Waals surface area contributed by atoms with Crippen LogP contribution in [0, 0.1) is 6.92 Å². The van der Waals surface area contributed by atoms with Gasteiger partial charge in [0, 0.05) is 11.8 Å². The summed E-state index contributed by atoms with van der Waals surface area (Å²) in [5, 5.41) is 4.13. The van der Waals surface area contributed by atoms with E-state index in [0.29, 0.717) is 6.54 Å². The van der Waals surface area contributed by atoms with E-state index in [9.17, 15) is 4.79 Å². The quantitative estimate of drug-likeness (QED) is 0.446. The number of nitrogens with zero attached hydrogens (tertiary/aromatic N) is 2. The van der Waals surface area contributed by atoms with Gasteiger partial charge >= 0.3 is 5.91 Å². The molecule has 6 heteroatoms. The number of hydrazine groups is 1. The van der Waals surface area contributed by atoms with Crippen molar-refractivity contribution in [3.63, 3.8) is 0 Å². The molecule has 6 nitrogen and oxygen atoms in total. The van der Waals surface area contributed by atoms with Gasteiger partial charge in [0.05, 0.1) is 19.0 Å². The lowest BCUT2D eigenvalue weighted by atomic mass is 10.2. The highest BCUT2D eigenvalue weighted by Crippen LogP contribution is 2.12. The highest BCUT2D eigenvalue weighted by atomic mass is 16.3. The molecule has 84 valence electrons. The highest BCUT2D eigenvalue weighted by molar-refractivity contribution is 5.92. The molecule has 2 rings (SSSR count). The van der Waals surface area contributed by atoms with Gasteiger partial charge in [-0.15, -0.1) is 0 Å². The Morgan fingerprint density at radius 1 is 1.69 bits per heavy atom. The zero-order chi connectivity index (χ0) is 11.5. The highest BCUT2D eigenvalue weighted by Gasteiger charge is 2.14.